The van der Waals surface area contributed by atoms with Crippen molar-refractivity contribution in [2.75, 3.05) is 13.7 Å². The second-order valence-electron chi connectivity index (χ2n) is 7.01. The van der Waals surface area contributed by atoms with E-state index >= 15 is 0 Å². The summed E-state index contributed by atoms with van der Waals surface area (Å²) in [6.07, 6.45) is 0.751. The quantitative estimate of drug-likeness (QED) is 0.413. The summed E-state index contributed by atoms with van der Waals surface area (Å²) in [6.45, 7) is 5.53. The average molecular weight is 362 g/mol. The highest BCUT2D eigenvalue weighted by molar-refractivity contribution is 6.00. The van der Waals surface area contributed by atoms with Gasteiger partial charge in [0.25, 0.3) is 0 Å². The molecule has 0 fully saturated rings. The Balaban J connectivity index is 1.80. The summed E-state index contributed by atoms with van der Waals surface area (Å²) in [5, 5.41) is 0. The fourth-order valence-electron chi connectivity index (χ4n) is 3.26. The molecule has 2 aliphatic rings. The third-order valence-electron chi connectivity index (χ3n) is 4.83. The number of rotatable bonds is 7. The Labute approximate surface area is 161 Å². The zero-order valence-corrected chi connectivity index (χ0v) is 16.2. The largest absolute Gasteiger partial charge is 0.465 e. The molecule has 27 heavy (non-hydrogen) atoms. The fourth-order valence-corrected chi connectivity index (χ4v) is 3.26. The first-order valence-electron chi connectivity index (χ1n) is 9.35. The third kappa shape index (κ3) is 4.55. The van der Waals surface area contributed by atoms with Crippen LogP contribution in [0, 0.1) is 0 Å². The number of hydrogen-bond donors (Lipinski definition) is 0. The lowest BCUT2D eigenvalue weighted by molar-refractivity contribution is 0.0602. The van der Waals surface area contributed by atoms with E-state index in [9.17, 15) is 4.79 Å². The lowest BCUT2D eigenvalue weighted by Crippen LogP contribution is -2.00. The second kappa shape index (κ2) is 8.83. The van der Waals surface area contributed by atoms with Crippen LogP contribution in [-0.4, -0.2) is 19.7 Å². The number of carbonyl (C=O) groups excluding carboxylic acids is 1. The highest BCUT2D eigenvalue weighted by atomic mass is 16.5. The summed E-state index contributed by atoms with van der Waals surface area (Å²) >= 11 is 0. The van der Waals surface area contributed by atoms with Crippen LogP contribution in [0.3, 0.4) is 0 Å². The molecule has 140 valence electrons. The number of methoxy groups -OCH3 is 1. The van der Waals surface area contributed by atoms with Crippen molar-refractivity contribution in [1.82, 2.24) is 0 Å². The van der Waals surface area contributed by atoms with Crippen molar-refractivity contribution in [2.24, 2.45) is 0 Å². The Hall–Kier alpha value is -2.65. The van der Waals surface area contributed by atoms with E-state index < -0.39 is 0 Å². The van der Waals surface area contributed by atoms with Gasteiger partial charge in [0.2, 0.25) is 0 Å². The normalized spacial score (nSPS) is 11.1. The van der Waals surface area contributed by atoms with Crippen molar-refractivity contribution in [1.29, 1.82) is 0 Å². The average Bonchev–Trinajstić information content (AvgIpc) is 2.87. The first-order chi connectivity index (χ1) is 13.1. The molecule has 1 aromatic carbocycles. The molecule has 0 radical (unpaired) electrons. The molecular weight excluding hydrogens is 336 g/mol. The zero-order chi connectivity index (χ0) is 19.2. The first-order valence-corrected chi connectivity index (χ1v) is 9.35. The Bertz CT molecular complexity index is 868. The van der Waals surface area contributed by atoms with Gasteiger partial charge in [0.05, 0.1) is 25.9 Å². The van der Waals surface area contributed by atoms with E-state index in [4.69, 9.17) is 9.47 Å². The third-order valence-corrected chi connectivity index (χ3v) is 4.83. The van der Waals surface area contributed by atoms with Gasteiger partial charge in [0.1, 0.15) is 0 Å². The smallest absolute Gasteiger partial charge is 0.338 e. The summed E-state index contributed by atoms with van der Waals surface area (Å²) in [5.41, 5.74) is 6.17. The number of hydrogen-bond acceptors (Lipinski definition) is 3. The standard InChI is InChI=1S/C24H26O3/c1-17(2)19-9-11-21-20(13-14-27-16-18-7-5-4-6-8-18)15-23(24(25)26-3)22(21)12-10-19/h4-12,15,17H,13-14,16H2,1-3H3. The second-order valence-corrected chi connectivity index (χ2v) is 7.01. The maximum absolute atomic E-state index is 12.2. The van der Waals surface area contributed by atoms with Crippen LogP contribution >= 0.6 is 0 Å². The molecule has 2 aliphatic carbocycles. The van der Waals surface area contributed by atoms with E-state index in [1.807, 2.05) is 30.3 Å². The molecule has 0 aromatic heterocycles. The molecule has 0 atom stereocenters. The van der Waals surface area contributed by atoms with Gasteiger partial charge < -0.3 is 9.47 Å². The van der Waals surface area contributed by atoms with Gasteiger partial charge in [-0.2, -0.15) is 0 Å². The molecule has 0 unspecified atom stereocenters. The predicted molar refractivity (Wildman–Crippen MR) is 108 cm³/mol. The first kappa shape index (κ1) is 19.1. The number of fused-ring (bicyclic) bond motifs is 1. The molecule has 0 bridgehead atoms. The van der Waals surface area contributed by atoms with Crippen LogP contribution < -0.4 is 0 Å². The van der Waals surface area contributed by atoms with E-state index in [0.29, 0.717) is 24.7 Å². The number of esters is 1. The molecule has 3 rings (SSSR count). The van der Waals surface area contributed by atoms with Gasteiger partial charge in [-0.3, -0.25) is 0 Å². The summed E-state index contributed by atoms with van der Waals surface area (Å²) < 4.78 is 10.8. The minimum atomic E-state index is -0.297. The van der Waals surface area contributed by atoms with Crippen LogP contribution in [0.2, 0.25) is 0 Å². The van der Waals surface area contributed by atoms with Crippen LogP contribution in [0.1, 0.15) is 46.8 Å². The van der Waals surface area contributed by atoms with Crippen molar-refractivity contribution in [3.63, 3.8) is 0 Å². The zero-order valence-electron chi connectivity index (χ0n) is 16.2. The van der Waals surface area contributed by atoms with Gasteiger partial charge in [-0.15, -0.1) is 0 Å². The van der Waals surface area contributed by atoms with Gasteiger partial charge in [-0.05, 0) is 46.2 Å². The Kier molecular flexibility index (Phi) is 6.25. The van der Waals surface area contributed by atoms with Crippen LogP contribution in [0.25, 0.3) is 11.1 Å². The highest BCUT2D eigenvalue weighted by Gasteiger charge is 2.20. The summed E-state index contributed by atoms with van der Waals surface area (Å²) in [6, 6.07) is 20.5. The van der Waals surface area contributed by atoms with Crippen molar-refractivity contribution in [3.8, 4) is 11.1 Å². The fraction of sp³-hybridized carbons (Fsp3) is 0.292. The van der Waals surface area contributed by atoms with Gasteiger partial charge >= 0.3 is 5.97 Å². The minimum absolute atomic E-state index is 0.297. The van der Waals surface area contributed by atoms with Crippen LogP contribution in [0.5, 0.6) is 0 Å². The Morgan fingerprint density at radius 2 is 1.67 bits per heavy atom. The van der Waals surface area contributed by atoms with E-state index in [1.165, 1.54) is 12.7 Å². The molecule has 0 saturated heterocycles. The van der Waals surface area contributed by atoms with Crippen molar-refractivity contribution >= 4 is 5.97 Å². The van der Waals surface area contributed by atoms with Crippen molar-refractivity contribution in [3.05, 3.63) is 82.9 Å². The molecular formula is C24H26O3. The van der Waals surface area contributed by atoms with Crippen LogP contribution in [-0.2, 0) is 22.5 Å². The van der Waals surface area contributed by atoms with Gasteiger partial charge in [-0.25, -0.2) is 4.79 Å². The molecule has 0 heterocycles. The number of benzene rings is 1. The maximum Gasteiger partial charge on any atom is 0.338 e. The molecule has 0 N–H and O–H groups in total. The predicted octanol–water partition coefficient (Wildman–Crippen LogP) is 5.46. The molecule has 3 heteroatoms. The minimum Gasteiger partial charge on any atom is -0.465 e. The summed E-state index contributed by atoms with van der Waals surface area (Å²) in [4.78, 5) is 12.2. The molecule has 1 aromatic rings. The summed E-state index contributed by atoms with van der Waals surface area (Å²) in [5.74, 6) is 0.134. The van der Waals surface area contributed by atoms with Crippen LogP contribution in [0.15, 0.2) is 60.7 Å². The van der Waals surface area contributed by atoms with Gasteiger partial charge in [-0.1, -0.05) is 68.4 Å². The molecule has 0 amide bonds. The van der Waals surface area contributed by atoms with Crippen molar-refractivity contribution < 1.29 is 14.3 Å². The SMILES string of the molecule is COC(=O)c1cc(CCOCc2ccccc2)c2ccc(C(C)C)ccc1-2. The Morgan fingerprint density at radius 3 is 2.33 bits per heavy atom. The number of ether oxygens (including phenoxy) is 2. The Morgan fingerprint density at radius 1 is 0.963 bits per heavy atom. The van der Waals surface area contributed by atoms with E-state index in [1.54, 1.807) is 0 Å². The van der Waals surface area contributed by atoms with Crippen LogP contribution in [0.4, 0.5) is 0 Å². The van der Waals surface area contributed by atoms with E-state index in [0.717, 1.165) is 28.7 Å². The van der Waals surface area contributed by atoms with Gasteiger partial charge in [0.15, 0.2) is 0 Å². The highest BCUT2D eigenvalue weighted by Crippen LogP contribution is 2.34. The maximum atomic E-state index is 12.2. The molecule has 0 saturated carbocycles. The van der Waals surface area contributed by atoms with E-state index in [2.05, 4.69) is 44.2 Å². The lowest BCUT2D eigenvalue weighted by Gasteiger charge is -2.05. The van der Waals surface area contributed by atoms with Crippen molar-refractivity contribution in [2.45, 2.75) is 32.8 Å². The molecule has 0 aliphatic heterocycles. The molecule has 3 nitrogen and oxygen atoms in total. The number of carbonyl (C=O) groups is 1. The topological polar surface area (TPSA) is 35.5 Å². The summed E-state index contributed by atoms with van der Waals surface area (Å²) in [7, 11) is 1.42. The lowest BCUT2D eigenvalue weighted by atomic mass is 10.1. The van der Waals surface area contributed by atoms with E-state index in [-0.39, 0.29) is 5.97 Å². The molecule has 0 spiro atoms. The van der Waals surface area contributed by atoms with Gasteiger partial charge in [0, 0.05) is 0 Å². The monoisotopic (exact) mass is 362 g/mol.